The minimum absolute atomic E-state index is 0. The van der Waals surface area contributed by atoms with Gasteiger partial charge < -0.3 is 16.1 Å². The van der Waals surface area contributed by atoms with Crippen LogP contribution in [-0.4, -0.2) is 29.7 Å². The number of nitrogens with zero attached hydrogens (tertiary/aromatic N) is 1. The van der Waals surface area contributed by atoms with Crippen LogP contribution in [0.4, 0.5) is 0 Å². The first kappa shape index (κ1) is 15.8. The van der Waals surface area contributed by atoms with Gasteiger partial charge in [0.2, 0.25) is 5.91 Å². The molecule has 0 aromatic rings. The first-order valence-electron chi connectivity index (χ1n) is 5.39. The van der Waals surface area contributed by atoms with E-state index in [9.17, 15) is 9.59 Å². The van der Waals surface area contributed by atoms with E-state index in [4.69, 9.17) is 1.37 Å². The zero-order valence-electron chi connectivity index (χ0n) is 11.6. The van der Waals surface area contributed by atoms with E-state index in [0.717, 1.165) is 0 Å². The van der Waals surface area contributed by atoms with Crippen molar-refractivity contribution in [3.63, 3.8) is 0 Å². The Labute approximate surface area is 137 Å². The van der Waals surface area contributed by atoms with Gasteiger partial charge >= 0.3 is 51.4 Å². The molecule has 0 saturated carbocycles. The van der Waals surface area contributed by atoms with Crippen LogP contribution in [0.2, 0.25) is 0 Å². The second-order valence-electron chi connectivity index (χ2n) is 3.46. The van der Waals surface area contributed by atoms with Crippen molar-refractivity contribution in [1.82, 2.24) is 4.90 Å². The molecule has 0 aromatic carbocycles. The fourth-order valence-electron chi connectivity index (χ4n) is 1.33. The summed E-state index contributed by atoms with van der Waals surface area (Å²) in [5.41, 5.74) is 0. The van der Waals surface area contributed by atoms with E-state index in [2.05, 4.69) is 0 Å². The van der Waals surface area contributed by atoms with E-state index in [1.54, 1.807) is 34.2 Å². The molecule has 0 bridgehead atoms. The van der Waals surface area contributed by atoms with E-state index in [0.29, 0.717) is 0 Å². The number of likely N-dealkylation sites (N-methyl/N-ethyl adjacent to an activating group) is 1. The Balaban J connectivity index is 0. The standard InChI is InChI=1S/C11H20NO2.K/c1-6-8(3)11(14)12(5)10(7-2)9(4)13;/h7-8,10H,6H2,1-5H3;/q-1;+1/i6D;. The topological polar surface area (TPSA) is 37.4 Å². The number of hydrogen-bond donors (Lipinski definition) is 0. The first-order chi connectivity index (χ1) is 6.82. The average molecular weight is 238 g/mol. The van der Waals surface area contributed by atoms with Crippen LogP contribution >= 0.6 is 0 Å². The van der Waals surface area contributed by atoms with Gasteiger partial charge in [0, 0.05) is 14.3 Å². The van der Waals surface area contributed by atoms with Gasteiger partial charge in [-0.1, -0.05) is 13.8 Å². The number of rotatable bonds is 5. The number of carbonyl (C=O) groups is 2. The zero-order chi connectivity index (χ0) is 12.2. The molecule has 0 spiro atoms. The van der Waals surface area contributed by atoms with Gasteiger partial charge in [0.15, 0.2) is 0 Å². The van der Waals surface area contributed by atoms with Crippen molar-refractivity contribution in [2.75, 3.05) is 7.05 Å². The van der Waals surface area contributed by atoms with Crippen LogP contribution in [0.15, 0.2) is 0 Å². The van der Waals surface area contributed by atoms with Crippen molar-refractivity contribution < 1.29 is 62.3 Å². The third kappa shape index (κ3) is 5.59. The molecule has 0 aliphatic rings. The van der Waals surface area contributed by atoms with Gasteiger partial charge in [-0.25, -0.2) is 0 Å². The molecule has 0 heterocycles. The van der Waals surface area contributed by atoms with Gasteiger partial charge in [-0.3, -0.25) is 4.79 Å². The van der Waals surface area contributed by atoms with Crippen LogP contribution in [0.5, 0.6) is 0 Å². The molecule has 0 saturated heterocycles. The average Bonchev–Trinajstić information content (AvgIpc) is 2.15. The molecule has 1 amide bonds. The maximum absolute atomic E-state index is 11.8. The van der Waals surface area contributed by atoms with Crippen molar-refractivity contribution in [2.24, 2.45) is 5.92 Å². The Morgan fingerprint density at radius 1 is 1.53 bits per heavy atom. The summed E-state index contributed by atoms with van der Waals surface area (Å²) in [5.74, 6) is -0.592. The smallest absolute Gasteiger partial charge is 0.365 e. The van der Waals surface area contributed by atoms with Gasteiger partial charge in [0.25, 0.3) is 0 Å². The molecular formula is C11H20KNO2. The van der Waals surface area contributed by atoms with Crippen LogP contribution in [-0.2, 0) is 9.59 Å². The Hall–Kier alpha value is 0.776. The van der Waals surface area contributed by atoms with E-state index in [1.165, 1.54) is 11.8 Å². The van der Waals surface area contributed by atoms with Gasteiger partial charge in [-0.15, -0.1) is 0 Å². The predicted molar refractivity (Wildman–Crippen MR) is 56.7 cm³/mol. The number of amides is 1. The molecule has 3 nitrogen and oxygen atoms in total. The first-order valence-corrected chi connectivity index (χ1v) is 4.81. The molecule has 0 aromatic heterocycles. The monoisotopic (exact) mass is 238 g/mol. The predicted octanol–water partition coefficient (Wildman–Crippen LogP) is -1.32. The second-order valence-corrected chi connectivity index (χ2v) is 3.46. The summed E-state index contributed by atoms with van der Waals surface area (Å²) >= 11 is 0. The summed E-state index contributed by atoms with van der Waals surface area (Å²) in [6.45, 7) is 6.60. The van der Waals surface area contributed by atoms with Crippen LogP contribution in [0.25, 0.3) is 0 Å². The minimum Gasteiger partial charge on any atom is -0.365 e. The Morgan fingerprint density at radius 3 is 2.27 bits per heavy atom. The summed E-state index contributed by atoms with van der Waals surface area (Å²) < 4.78 is 7.47. The van der Waals surface area contributed by atoms with Crippen molar-refractivity contribution in [2.45, 2.75) is 40.1 Å². The molecule has 15 heavy (non-hydrogen) atoms. The van der Waals surface area contributed by atoms with Crippen molar-refractivity contribution in [1.29, 1.82) is 0 Å². The van der Waals surface area contributed by atoms with Crippen LogP contribution in [0.3, 0.4) is 0 Å². The Bertz CT molecular complexity index is 246. The summed E-state index contributed by atoms with van der Waals surface area (Å²) in [4.78, 5) is 24.5. The molecule has 82 valence electrons. The molecule has 0 aliphatic heterocycles. The molecule has 0 N–H and O–H groups in total. The fourth-order valence-corrected chi connectivity index (χ4v) is 1.33. The van der Waals surface area contributed by atoms with Gasteiger partial charge in [0.1, 0.15) is 5.78 Å². The number of ketones is 1. The van der Waals surface area contributed by atoms with E-state index >= 15 is 0 Å². The summed E-state index contributed by atoms with van der Waals surface area (Å²) in [6.07, 6.45) is 1.24. The van der Waals surface area contributed by atoms with Crippen molar-refractivity contribution in [3.05, 3.63) is 6.42 Å². The maximum Gasteiger partial charge on any atom is 1.00 e. The molecule has 0 radical (unpaired) electrons. The Morgan fingerprint density at radius 2 is 2.00 bits per heavy atom. The van der Waals surface area contributed by atoms with Crippen LogP contribution in [0, 0.1) is 12.3 Å². The molecule has 0 rings (SSSR count). The number of hydrogen-bond acceptors (Lipinski definition) is 2. The Kier molecular flexibility index (Phi) is 9.33. The third-order valence-corrected chi connectivity index (χ3v) is 2.39. The molecule has 0 aliphatic carbocycles. The van der Waals surface area contributed by atoms with E-state index < -0.39 is 12.4 Å². The van der Waals surface area contributed by atoms with Gasteiger partial charge in [-0.2, -0.15) is 6.92 Å². The molecule has 4 heteroatoms. The SMILES string of the molecule is [2H]C(C)C(C)C(=O)N(C)C([CH-]C)C(C)=O.[K+]. The molecule has 3 unspecified atom stereocenters. The van der Waals surface area contributed by atoms with Crippen molar-refractivity contribution >= 4 is 11.7 Å². The molecular weight excluding hydrogens is 217 g/mol. The minimum atomic E-state index is -0.473. The number of carbonyl (C=O) groups excluding carboxylic acids is 2. The quantitative estimate of drug-likeness (QED) is 0.440. The molecule has 0 fully saturated rings. The summed E-state index contributed by atoms with van der Waals surface area (Å²) in [5, 5.41) is 0. The van der Waals surface area contributed by atoms with E-state index in [-0.39, 0.29) is 69.0 Å². The van der Waals surface area contributed by atoms with Crippen LogP contribution in [0.1, 0.15) is 35.5 Å². The van der Waals surface area contributed by atoms with Crippen molar-refractivity contribution in [3.8, 4) is 0 Å². The molecule has 3 atom stereocenters. The van der Waals surface area contributed by atoms with Crippen LogP contribution < -0.4 is 51.4 Å². The largest absolute Gasteiger partial charge is 1.00 e. The summed E-state index contributed by atoms with van der Waals surface area (Å²) in [6, 6.07) is -0.473. The number of Topliss-reactive ketones (excluding diaryl/α,β-unsaturated/α-hetero) is 1. The maximum atomic E-state index is 11.8. The normalized spacial score (nSPS) is 16.7. The fraction of sp³-hybridized carbons (Fsp3) is 0.727. The van der Waals surface area contributed by atoms with Gasteiger partial charge in [0.05, 0.1) is 0 Å². The van der Waals surface area contributed by atoms with Gasteiger partial charge in [-0.05, 0) is 19.4 Å². The zero-order valence-corrected chi connectivity index (χ0v) is 13.7. The second kappa shape index (κ2) is 8.87. The van der Waals surface area contributed by atoms with E-state index in [1.807, 2.05) is 0 Å². The third-order valence-electron chi connectivity index (χ3n) is 2.39. The summed E-state index contributed by atoms with van der Waals surface area (Å²) in [7, 11) is 1.60.